The molecule has 2 aromatic rings. The minimum absolute atomic E-state index is 0.430. The monoisotopic (exact) mass is 283 g/mol. The number of nitrogens with zero attached hydrogens (tertiary/aromatic N) is 2. The Morgan fingerprint density at radius 2 is 2.07 bits per heavy atom. The van der Waals surface area contributed by atoms with Crippen LogP contribution in [-0.4, -0.2) is 9.97 Å². The molecule has 2 N–H and O–H groups in total. The maximum Gasteiger partial charge on any atom is 0.162 e. The average molecular weight is 285 g/mol. The normalized spacial score (nSPS) is 10.3. The highest BCUT2D eigenvalue weighted by atomic mass is 79.9. The van der Waals surface area contributed by atoms with Gasteiger partial charge in [-0.25, -0.2) is 9.97 Å². The van der Waals surface area contributed by atoms with Gasteiger partial charge in [0.1, 0.15) is 5.82 Å². The van der Waals surface area contributed by atoms with E-state index in [-0.39, 0.29) is 0 Å². The van der Waals surface area contributed by atoms with E-state index in [2.05, 4.69) is 25.9 Å². The molecule has 5 heteroatoms. The highest BCUT2D eigenvalue weighted by Crippen LogP contribution is 2.28. The van der Waals surface area contributed by atoms with Crippen LogP contribution in [0.25, 0.3) is 11.4 Å². The fourth-order valence-electron chi connectivity index (χ4n) is 1.17. The van der Waals surface area contributed by atoms with Crippen LogP contribution in [0.3, 0.4) is 0 Å². The fraction of sp³-hybridized carbons (Fsp3) is 0. The summed E-state index contributed by atoms with van der Waals surface area (Å²) in [5.74, 6) is 0.964. The van der Waals surface area contributed by atoms with Gasteiger partial charge in [-0.05, 0) is 24.3 Å². The van der Waals surface area contributed by atoms with Gasteiger partial charge in [0.2, 0.25) is 0 Å². The van der Waals surface area contributed by atoms with Gasteiger partial charge in [0.05, 0.1) is 5.02 Å². The van der Waals surface area contributed by atoms with E-state index in [1.807, 2.05) is 12.1 Å². The molecule has 0 amide bonds. The maximum atomic E-state index is 6.07. The Morgan fingerprint density at radius 3 is 2.73 bits per heavy atom. The molecule has 0 aliphatic heterocycles. The maximum absolute atomic E-state index is 6.07. The number of hydrogen-bond acceptors (Lipinski definition) is 3. The zero-order valence-electron chi connectivity index (χ0n) is 7.61. The third-order valence-electron chi connectivity index (χ3n) is 1.85. The molecule has 0 fully saturated rings. The average Bonchev–Trinajstić information content (AvgIpc) is 2.17. The van der Waals surface area contributed by atoms with Crippen LogP contribution < -0.4 is 5.73 Å². The number of rotatable bonds is 1. The van der Waals surface area contributed by atoms with Crippen molar-refractivity contribution in [3.63, 3.8) is 0 Å². The van der Waals surface area contributed by atoms with Gasteiger partial charge in [0.25, 0.3) is 0 Å². The predicted molar refractivity (Wildman–Crippen MR) is 64.6 cm³/mol. The molecular weight excluding hydrogens is 277 g/mol. The summed E-state index contributed by atoms with van der Waals surface area (Å²) in [6.45, 7) is 0. The van der Waals surface area contributed by atoms with Gasteiger partial charge in [-0.1, -0.05) is 27.5 Å². The van der Waals surface area contributed by atoms with Gasteiger partial charge in [-0.3, -0.25) is 0 Å². The number of nitrogen functional groups attached to an aromatic ring is 1. The fourth-order valence-corrected chi connectivity index (χ4v) is 1.93. The Hall–Kier alpha value is -1.13. The molecule has 3 nitrogen and oxygen atoms in total. The van der Waals surface area contributed by atoms with Gasteiger partial charge < -0.3 is 5.73 Å². The van der Waals surface area contributed by atoms with E-state index in [0.717, 1.165) is 10.0 Å². The van der Waals surface area contributed by atoms with E-state index >= 15 is 0 Å². The smallest absolute Gasteiger partial charge is 0.162 e. The molecule has 0 bridgehead atoms. The Kier molecular flexibility index (Phi) is 2.88. The molecular formula is C10H7BrClN3. The number of halogens is 2. The first-order valence-corrected chi connectivity index (χ1v) is 5.38. The zero-order chi connectivity index (χ0) is 10.8. The summed E-state index contributed by atoms with van der Waals surface area (Å²) in [5, 5.41) is 0.593. The molecule has 2 rings (SSSR count). The Bertz CT molecular complexity index is 502. The van der Waals surface area contributed by atoms with E-state index < -0.39 is 0 Å². The third-order valence-corrected chi connectivity index (χ3v) is 2.66. The highest BCUT2D eigenvalue weighted by molar-refractivity contribution is 9.10. The van der Waals surface area contributed by atoms with Crippen LogP contribution in [-0.2, 0) is 0 Å². The lowest BCUT2D eigenvalue weighted by Crippen LogP contribution is -1.94. The van der Waals surface area contributed by atoms with Crippen LogP contribution in [0.5, 0.6) is 0 Å². The van der Waals surface area contributed by atoms with Gasteiger partial charge in [0, 0.05) is 16.2 Å². The summed E-state index contributed by atoms with van der Waals surface area (Å²) >= 11 is 9.40. The van der Waals surface area contributed by atoms with Crippen LogP contribution in [0.2, 0.25) is 5.02 Å². The van der Waals surface area contributed by atoms with Gasteiger partial charge in [-0.2, -0.15) is 0 Å². The van der Waals surface area contributed by atoms with Crippen molar-refractivity contribution in [1.82, 2.24) is 9.97 Å². The molecule has 1 heterocycles. The van der Waals surface area contributed by atoms with Crippen molar-refractivity contribution in [2.45, 2.75) is 0 Å². The molecule has 0 atom stereocenters. The lowest BCUT2D eigenvalue weighted by molar-refractivity contribution is 1.18. The van der Waals surface area contributed by atoms with E-state index in [1.165, 1.54) is 0 Å². The minimum Gasteiger partial charge on any atom is -0.384 e. The second-order valence-corrected chi connectivity index (χ2v) is 4.25. The number of benzene rings is 1. The van der Waals surface area contributed by atoms with Gasteiger partial charge in [0.15, 0.2) is 5.82 Å². The zero-order valence-corrected chi connectivity index (χ0v) is 9.96. The summed E-state index contributed by atoms with van der Waals surface area (Å²) in [6, 6.07) is 7.16. The predicted octanol–water partition coefficient (Wildman–Crippen LogP) is 3.14. The first-order chi connectivity index (χ1) is 7.16. The van der Waals surface area contributed by atoms with Crippen LogP contribution in [0, 0.1) is 0 Å². The number of nitrogens with two attached hydrogens (primary N) is 1. The second kappa shape index (κ2) is 4.16. The van der Waals surface area contributed by atoms with Crippen molar-refractivity contribution < 1.29 is 0 Å². The molecule has 0 aliphatic rings. The van der Waals surface area contributed by atoms with Gasteiger partial charge >= 0.3 is 0 Å². The quantitative estimate of drug-likeness (QED) is 0.875. The van der Waals surface area contributed by atoms with E-state index in [4.69, 9.17) is 17.3 Å². The molecule has 0 saturated carbocycles. The van der Waals surface area contributed by atoms with Crippen molar-refractivity contribution >= 4 is 33.3 Å². The van der Waals surface area contributed by atoms with E-state index in [1.54, 1.807) is 18.3 Å². The summed E-state index contributed by atoms with van der Waals surface area (Å²) in [5.41, 5.74) is 6.34. The first-order valence-electron chi connectivity index (χ1n) is 4.21. The highest BCUT2D eigenvalue weighted by Gasteiger charge is 2.06. The Labute approximate surface area is 100 Å². The summed E-state index contributed by atoms with van der Waals surface area (Å²) in [7, 11) is 0. The molecule has 0 unspecified atom stereocenters. The molecule has 76 valence electrons. The third kappa shape index (κ3) is 2.27. The van der Waals surface area contributed by atoms with Crippen LogP contribution in [0.4, 0.5) is 5.82 Å². The van der Waals surface area contributed by atoms with Crippen molar-refractivity contribution in [2.24, 2.45) is 0 Å². The SMILES string of the molecule is Nc1ccnc(-c2ccc(Br)cc2Cl)n1. The molecule has 0 spiro atoms. The van der Waals surface area contributed by atoms with Crippen molar-refractivity contribution in [3.05, 3.63) is 40.0 Å². The Morgan fingerprint density at radius 1 is 1.27 bits per heavy atom. The number of hydrogen-bond donors (Lipinski definition) is 1. The van der Waals surface area contributed by atoms with Crippen molar-refractivity contribution in [1.29, 1.82) is 0 Å². The first kappa shape index (κ1) is 10.4. The number of aromatic nitrogens is 2. The lowest BCUT2D eigenvalue weighted by Gasteiger charge is -2.03. The van der Waals surface area contributed by atoms with Crippen LogP contribution >= 0.6 is 27.5 Å². The standard InChI is InChI=1S/C10H7BrClN3/c11-6-1-2-7(8(12)5-6)10-14-4-3-9(13)15-10/h1-5H,(H2,13,14,15). The van der Waals surface area contributed by atoms with Crippen molar-refractivity contribution in [3.8, 4) is 11.4 Å². The van der Waals surface area contributed by atoms with E-state index in [9.17, 15) is 0 Å². The number of anilines is 1. The summed E-state index contributed by atoms with van der Waals surface area (Å²) in [4.78, 5) is 8.21. The van der Waals surface area contributed by atoms with Gasteiger partial charge in [-0.15, -0.1) is 0 Å². The molecule has 15 heavy (non-hydrogen) atoms. The summed E-state index contributed by atoms with van der Waals surface area (Å²) in [6.07, 6.45) is 1.61. The molecule has 1 aromatic carbocycles. The molecule has 0 radical (unpaired) electrons. The largest absolute Gasteiger partial charge is 0.384 e. The Balaban J connectivity index is 2.54. The van der Waals surface area contributed by atoms with Crippen molar-refractivity contribution in [2.75, 3.05) is 5.73 Å². The molecule has 0 aliphatic carbocycles. The topological polar surface area (TPSA) is 51.8 Å². The second-order valence-electron chi connectivity index (χ2n) is 2.93. The molecule has 0 saturated heterocycles. The van der Waals surface area contributed by atoms with E-state index in [0.29, 0.717) is 16.7 Å². The van der Waals surface area contributed by atoms with Crippen LogP contribution in [0.1, 0.15) is 0 Å². The molecule has 1 aromatic heterocycles. The van der Waals surface area contributed by atoms with Crippen LogP contribution in [0.15, 0.2) is 34.9 Å². The summed E-state index contributed by atoms with van der Waals surface area (Å²) < 4.78 is 0.917. The lowest BCUT2D eigenvalue weighted by atomic mass is 10.2. The minimum atomic E-state index is 0.430.